The summed E-state index contributed by atoms with van der Waals surface area (Å²) in [5.41, 5.74) is 5.43. The number of aromatic nitrogens is 3. The number of pyridine rings is 1. The van der Waals surface area contributed by atoms with Gasteiger partial charge in [-0.3, -0.25) is 4.98 Å². The first-order chi connectivity index (χ1) is 19.6. The van der Waals surface area contributed by atoms with Gasteiger partial charge in [-0.25, -0.2) is 13.3 Å². The molecule has 8 nitrogen and oxygen atoms in total. The summed E-state index contributed by atoms with van der Waals surface area (Å²) in [6.07, 6.45) is 3.64. The molecule has 0 fully saturated rings. The Labute approximate surface area is 244 Å². The van der Waals surface area contributed by atoms with Gasteiger partial charge in [0.2, 0.25) is 5.89 Å². The minimum Gasteiger partial charge on any atom is -0.339 e. The molecule has 41 heavy (non-hydrogen) atoms. The van der Waals surface area contributed by atoms with Crippen molar-refractivity contribution in [3.8, 4) is 11.1 Å². The largest absolute Gasteiger partial charge is 0.339 e. The van der Waals surface area contributed by atoms with Crippen molar-refractivity contribution in [2.24, 2.45) is 0 Å². The summed E-state index contributed by atoms with van der Waals surface area (Å²) in [4.78, 5) is 14.8. The van der Waals surface area contributed by atoms with E-state index in [2.05, 4.69) is 32.1 Å². The third-order valence-electron chi connectivity index (χ3n) is 7.33. The number of aryl methyl sites for hydroxylation is 1. The highest BCUT2D eigenvalue weighted by molar-refractivity contribution is 7.94. The van der Waals surface area contributed by atoms with Gasteiger partial charge in [-0.15, -0.1) is 0 Å². The van der Waals surface area contributed by atoms with Crippen LogP contribution in [0.25, 0.3) is 22.0 Å². The number of benzene rings is 3. The highest BCUT2D eigenvalue weighted by atomic mass is 32.2. The number of nitrogens with zero attached hydrogens (tertiary/aromatic N) is 3. The molecule has 10 heteroatoms. The van der Waals surface area contributed by atoms with Crippen LogP contribution in [-0.2, 0) is 30.2 Å². The highest BCUT2D eigenvalue weighted by Gasteiger charge is 2.33. The molecular formula is C31H31N3O5S2. The molecule has 0 saturated heterocycles. The molecular weight excluding hydrogens is 558 g/mol. The van der Waals surface area contributed by atoms with Crippen molar-refractivity contribution in [2.75, 3.05) is 13.4 Å². The van der Waals surface area contributed by atoms with E-state index >= 15 is 0 Å². The average Bonchev–Trinajstić information content (AvgIpc) is 3.40. The van der Waals surface area contributed by atoms with Crippen LogP contribution in [0.3, 0.4) is 0 Å². The fourth-order valence-corrected chi connectivity index (χ4v) is 5.65. The predicted octanol–water partition coefficient (Wildman–Crippen LogP) is 6.83. The first-order valence-electron chi connectivity index (χ1n) is 13.0. The molecule has 0 saturated carbocycles. The first-order valence-corrected chi connectivity index (χ1v) is 15.7. The molecule has 0 radical (unpaired) electrons. The van der Waals surface area contributed by atoms with Gasteiger partial charge in [0.1, 0.15) is 0 Å². The summed E-state index contributed by atoms with van der Waals surface area (Å²) in [6.45, 7) is 5.28. The van der Waals surface area contributed by atoms with E-state index in [9.17, 15) is 8.42 Å². The van der Waals surface area contributed by atoms with E-state index in [4.69, 9.17) is 8.86 Å². The van der Waals surface area contributed by atoms with Crippen LogP contribution in [0.15, 0.2) is 88.4 Å². The molecule has 0 aliphatic carbocycles. The number of hydrogen-bond acceptors (Lipinski definition) is 9. The van der Waals surface area contributed by atoms with Crippen molar-refractivity contribution in [1.82, 2.24) is 15.1 Å². The number of fused-ring (bicyclic) bond motifs is 1. The van der Waals surface area contributed by atoms with E-state index in [1.807, 2.05) is 60.7 Å². The van der Waals surface area contributed by atoms with E-state index in [0.717, 1.165) is 55.7 Å². The lowest BCUT2D eigenvalue weighted by Crippen LogP contribution is -2.28. The average molecular weight is 590 g/mol. The van der Waals surface area contributed by atoms with Gasteiger partial charge >= 0.3 is 0 Å². The van der Waals surface area contributed by atoms with Crippen LogP contribution in [-0.4, -0.2) is 36.9 Å². The molecule has 5 rings (SSSR count). The lowest BCUT2D eigenvalue weighted by atomic mass is 9.89. The molecule has 2 heterocycles. The molecule has 212 valence electrons. The van der Waals surface area contributed by atoms with Gasteiger partial charge in [-0.1, -0.05) is 47.6 Å². The van der Waals surface area contributed by atoms with Gasteiger partial charge in [-0.05, 0) is 79.8 Å². The third kappa shape index (κ3) is 6.20. The molecule has 0 aliphatic rings. The van der Waals surface area contributed by atoms with Crippen molar-refractivity contribution < 1.29 is 22.2 Å². The Kier molecular flexibility index (Phi) is 8.28. The van der Waals surface area contributed by atoms with Gasteiger partial charge in [-0.2, -0.15) is 9.32 Å². The van der Waals surface area contributed by atoms with Gasteiger partial charge < -0.3 is 4.52 Å². The van der Waals surface area contributed by atoms with Crippen LogP contribution in [0, 0.1) is 6.92 Å². The van der Waals surface area contributed by atoms with E-state index < -0.39 is 14.6 Å². The zero-order chi connectivity index (χ0) is 29.2. The third-order valence-corrected chi connectivity index (χ3v) is 10.1. The molecule has 0 amide bonds. The monoisotopic (exact) mass is 589 g/mol. The smallest absolute Gasteiger partial charge is 0.234 e. The summed E-state index contributed by atoms with van der Waals surface area (Å²) >= 11 is 1.13. The van der Waals surface area contributed by atoms with Crippen LogP contribution in [0.1, 0.15) is 48.2 Å². The molecule has 0 bridgehead atoms. The number of rotatable bonds is 10. The zero-order valence-corrected chi connectivity index (χ0v) is 25.1. The Morgan fingerprint density at radius 1 is 1.02 bits per heavy atom. The van der Waals surface area contributed by atoms with Crippen molar-refractivity contribution in [3.63, 3.8) is 0 Å². The molecule has 2 aromatic heterocycles. The zero-order valence-electron chi connectivity index (χ0n) is 23.5. The first kappa shape index (κ1) is 28.9. The van der Waals surface area contributed by atoms with E-state index in [1.54, 1.807) is 27.0 Å². The molecule has 0 aliphatic heterocycles. The second-order valence-electron chi connectivity index (χ2n) is 10.4. The second kappa shape index (κ2) is 11.7. The fraction of sp³-hybridized carbons (Fsp3) is 0.258. The van der Waals surface area contributed by atoms with E-state index in [-0.39, 0.29) is 5.92 Å². The van der Waals surface area contributed by atoms with Crippen molar-refractivity contribution in [1.29, 1.82) is 0 Å². The van der Waals surface area contributed by atoms with E-state index in [0.29, 0.717) is 18.1 Å². The van der Waals surface area contributed by atoms with Crippen molar-refractivity contribution in [2.45, 2.75) is 42.8 Å². The summed E-state index contributed by atoms with van der Waals surface area (Å²) in [5.74, 6) is 0.923. The van der Waals surface area contributed by atoms with Gasteiger partial charge in [0, 0.05) is 28.3 Å². The Bertz CT molecular complexity index is 1780. The number of hydrogen-bond donors (Lipinski definition) is 0. The normalized spacial score (nSPS) is 13.0. The molecule has 1 unspecified atom stereocenters. The molecule has 3 aromatic carbocycles. The standard InChI is InChI=1S/C31H31N3O5S2/c1-20-33-30(38-34-20)28(22-11-13-26(14-12-22)40-39-37-4)17-21-8-6-9-23(16-21)27-19-25(31(2,3)41(5,35)36)18-24-10-7-15-32-29(24)27/h6-16,18-19,28H,17H2,1-5H3. The molecule has 5 aromatic rings. The van der Waals surface area contributed by atoms with Crippen LogP contribution >= 0.6 is 12.0 Å². The maximum Gasteiger partial charge on any atom is 0.234 e. The summed E-state index contributed by atoms with van der Waals surface area (Å²) < 4.78 is 34.9. The predicted molar refractivity (Wildman–Crippen MR) is 160 cm³/mol. The molecule has 1 atom stereocenters. The van der Waals surface area contributed by atoms with Gasteiger partial charge in [0.15, 0.2) is 15.7 Å². The van der Waals surface area contributed by atoms with Crippen LogP contribution in [0.4, 0.5) is 0 Å². The molecule has 0 spiro atoms. The SMILES string of the molecule is COOSc1ccc(C(Cc2cccc(-c3cc(C(C)(C)S(C)(=O)=O)cc4cccnc34)c2)c2nc(C)no2)cc1. The Hall–Kier alpha value is -3.57. The van der Waals surface area contributed by atoms with Crippen LogP contribution < -0.4 is 0 Å². The van der Waals surface area contributed by atoms with Gasteiger partial charge in [0.25, 0.3) is 0 Å². The minimum atomic E-state index is -3.37. The summed E-state index contributed by atoms with van der Waals surface area (Å²) in [7, 11) is -1.91. The summed E-state index contributed by atoms with van der Waals surface area (Å²) in [5, 5.41) is 4.92. The maximum absolute atomic E-state index is 12.7. The second-order valence-corrected chi connectivity index (χ2v) is 13.7. The lowest BCUT2D eigenvalue weighted by molar-refractivity contribution is -0.160. The maximum atomic E-state index is 12.7. The summed E-state index contributed by atoms with van der Waals surface area (Å²) in [6, 6.07) is 23.9. The van der Waals surface area contributed by atoms with Gasteiger partial charge in [0.05, 0.1) is 35.3 Å². The molecule has 0 N–H and O–H groups in total. The Morgan fingerprint density at radius 2 is 1.80 bits per heavy atom. The minimum absolute atomic E-state index is 0.181. The van der Waals surface area contributed by atoms with Crippen LogP contribution in [0.2, 0.25) is 0 Å². The van der Waals surface area contributed by atoms with E-state index in [1.165, 1.54) is 13.4 Å². The van der Waals surface area contributed by atoms with Crippen LogP contribution in [0.5, 0.6) is 0 Å². The Morgan fingerprint density at radius 3 is 2.49 bits per heavy atom. The fourth-order valence-electron chi connectivity index (χ4n) is 4.71. The Balaban J connectivity index is 1.56. The highest BCUT2D eigenvalue weighted by Crippen LogP contribution is 2.37. The number of sulfone groups is 1. The quantitative estimate of drug-likeness (QED) is 0.0984. The van der Waals surface area contributed by atoms with Crippen molar-refractivity contribution in [3.05, 3.63) is 107 Å². The lowest BCUT2D eigenvalue weighted by Gasteiger charge is -2.24. The van der Waals surface area contributed by atoms with Crippen molar-refractivity contribution >= 4 is 32.8 Å². The topological polar surface area (TPSA) is 104 Å².